The van der Waals surface area contributed by atoms with E-state index in [1.165, 1.54) is 18.2 Å². The largest absolute Gasteiger partial charge is 0.381 e. The lowest BCUT2D eigenvalue weighted by molar-refractivity contribution is 0.0487. The number of carbonyl (C=O) groups excluding carboxylic acids is 1. The average molecular weight is 497 g/mol. The third-order valence-corrected chi connectivity index (χ3v) is 8.06. The van der Waals surface area contributed by atoms with E-state index in [2.05, 4.69) is 10.0 Å². The third-order valence-electron chi connectivity index (χ3n) is 6.54. The van der Waals surface area contributed by atoms with Crippen molar-refractivity contribution in [1.29, 1.82) is 0 Å². The highest BCUT2D eigenvalue weighted by Crippen LogP contribution is 2.34. The van der Waals surface area contributed by atoms with Crippen molar-refractivity contribution in [2.75, 3.05) is 24.5 Å². The van der Waals surface area contributed by atoms with Crippen molar-refractivity contribution in [2.24, 2.45) is 0 Å². The van der Waals surface area contributed by atoms with E-state index in [9.17, 15) is 17.6 Å². The Morgan fingerprint density at radius 3 is 2.29 bits per heavy atom. The second-order valence-corrected chi connectivity index (χ2v) is 10.7. The zero-order valence-corrected chi connectivity index (χ0v) is 20.6. The Hall–Kier alpha value is -3.23. The Morgan fingerprint density at radius 1 is 0.971 bits per heavy atom. The molecule has 0 atom stereocenters. The molecule has 4 rings (SSSR count). The van der Waals surface area contributed by atoms with Crippen LogP contribution in [0.5, 0.6) is 0 Å². The minimum Gasteiger partial charge on any atom is -0.381 e. The Bertz CT molecular complexity index is 1300. The molecule has 184 valence electrons. The van der Waals surface area contributed by atoms with Crippen molar-refractivity contribution in [2.45, 2.75) is 37.0 Å². The van der Waals surface area contributed by atoms with Crippen molar-refractivity contribution in [1.82, 2.24) is 5.32 Å². The number of sulfonamides is 1. The molecule has 0 unspecified atom stereocenters. The van der Waals surface area contributed by atoms with Gasteiger partial charge in [0.25, 0.3) is 15.9 Å². The van der Waals surface area contributed by atoms with E-state index in [0.29, 0.717) is 43.9 Å². The van der Waals surface area contributed by atoms with E-state index in [1.54, 1.807) is 43.3 Å². The van der Waals surface area contributed by atoms with Gasteiger partial charge in [-0.3, -0.25) is 9.52 Å². The monoisotopic (exact) mass is 496 g/mol. The van der Waals surface area contributed by atoms with Crippen LogP contribution in [0.1, 0.15) is 39.9 Å². The number of hydrogen-bond donors (Lipinski definition) is 2. The normalized spacial score (nSPS) is 15.4. The summed E-state index contributed by atoms with van der Waals surface area (Å²) in [5, 5.41) is 2.97. The van der Waals surface area contributed by atoms with E-state index < -0.39 is 10.0 Å². The first-order chi connectivity index (χ1) is 16.7. The molecular weight excluding hydrogens is 467 g/mol. The molecule has 1 fully saturated rings. The fourth-order valence-electron chi connectivity index (χ4n) is 4.35. The highest BCUT2D eigenvalue weighted by atomic mass is 32.2. The molecular formula is C27H29FN2O4S. The van der Waals surface area contributed by atoms with Crippen LogP contribution in [0, 0.1) is 19.7 Å². The molecule has 0 saturated carbocycles. The Balaban J connectivity index is 1.54. The molecule has 0 radical (unpaired) electrons. The average Bonchev–Trinajstić information content (AvgIpc) is 2.85. The number of halogens is 1. The van der Waals surface area contributed by atoms with Crippen molar-refractivity contribution < 1.29 is 22.3 Å². The van der Waals surface area contributed by atoms with Crippen LogP contribution in [-0.4, -0.2) is 34.1 Å². The number of anilines is 1. The van der Waals surface area contributed by atoms with Crippen molar-refractivity contribution >= 4 is 21.6 Å². The first-order valence-corrected chi connectivity index (χ1v) is 13.0. The predicted octanol–water partition coefficient (Wildman–Crippen LogP) is 4.72. The zero-order valence-electron chi connectivity index (χ0n) is 19.8. The van der Waals surface area contributed by atoms with Gasteiger partial charge in [-0.2, -0.15) is 0 Å². The summed E-state index contributed by atoms with van der Waals surface area (Å²) in [6, 6.07) is 18.0. The van der Waals surface area contributed by atoms with Gasteiger partial charge in [0.05, 0.1) is 4.90 Å². The Kier molecular flexibility index (Phi) is 7.23. The van der Waals surface area contributed by atoms with E-state index in [-0.39, 0.29) is 27.6 Å². The van der Waals surface area contributed by atoms with Crippen LogP contribution in [0.2, 0.25) is 0 Å². The van der Waals surface area contributed by atoms with Crippen LogP contribution < -0.4 is 10.0 Å². The summed E-state index contributed by atoms with van der Waals surface area (Å²) in [6.45, 7) is 5.04. The maximum atomic E-state index is 13.5. The molecule has 1 aliphatic rings. The molecule has 0 aliphatic carbocycles. The Morgan fingerprint density at radius 2 is 1.63 bits per heavy atom. The Labute approximate surface area is 205 Å². The molecule has 8 heteroatoms. The van der Waals surface area contributed by atoms with Gasteiger partial charge in [0.2, 0.25) is 0 Å². The van der Waals surface area contributed by atoms with E-state index in [1.807, 2.05) is 19.1 Å². The summed E-state index contributed by atoms with van der Waals surface area (Å²) in [5.41, 5.74) is 2.82. The van der Waals surface area contributed by atoms with Gasteiger partial charge in [-0.15, -0.1) is 0 Å². The number of carbonyl (C=O) groups is 1. The van der Waals surface area contributed by atoms with E-state index in [0.717, 1.165) is 11.1 Å². The maximum Gasteiger partial charge on any atom is 0.262 e. The first-order valence-electron chi connectivity index (χ1n) is 11.5. The smallest absolute Gasteiger partial charge is 0.262 e. The summed E-state index contributed by atoms with van der Waals surface area (Å²) < 4.78 is 47.7. The molecule has 6 nitrogen and oxygen atoms in total. The van der Waals surface area contributed by atoms with Gasteiger partial charge < -0.3 is 10.1 Å². The topological polar surface area (TPSA) is 84.5 Å². The predicted molar refractivity (Wildman–Crippen MR) is 134 cm³/mol. The number of ether oxygens (including phenoxy) is 1. The van der Waals surface area contributed by atoms with Crippen molar-refractivity contribution in [3.8, 4) is 0 Å². The summed E-state index contributed by atoms with van der Waals surface area (Å²) in [6.07, 6.45) is 1.37. The van der Waals surface area contributed by atoms with E-state index >= 15 is 0 Å². The van der Waals surface area contributed by atoms with Crippen LogP contribution >= 0.6 is 0 Å². The lowest BCUT2D eigenvalue weighted by Crippen LogP contribution is -2.44. The fraction of sp³-hybridized carbons (Fsp3) is 0.296. The molecule has 0 bridgehead atoms. The van der Waals surface area contributed by atoms with Gasteiger partial charge in [-0.05, 0) is 74.2 Å². The van der Waals surface area contributed by atoms with Crippen LogP contribution in [0.3, 0.4) is 0 Å². The molecule has 1 saturated heterocycles. The van der Waals surface area contributed by atoms with Gasteiger partial charge in [-0.1, -0.05) is 35.9 Å². The number of nitrogens with one attached hydrogen (secondary N) is 2. The molecule has 35 heavy (non-hydrogen) atoms. The van der Waals surface area contributed by atoms with Crippen molar-refractivity contribution in [3.63, 3.8) is 0 Å². The molecule has 0 spiro atoms. The quantitative estimate of drug-likeness (QED) is 0.496. The molecule has 1 aliphatic heterocycles. The number of rotatable bonds is 7. The highest BCUT2D eigenvalue weighted by Gasteiger charge is 2.35. The fourth-order valence-corrected chi connectivity index (χ4v) is 5.68. The van der Waals surface area contributed by atoms with E-state index in [4.69, 9.17) is 4.74 Å². The number of benzene rings is 3. The second kappa shape index (κ2) is 10.2. The van der Waals surface area contributed by atoms with Crippen LogP contribution in [0.15, 0.2) is 71.6 Å². The highest BCUT2D eigenvalue weighted by molar-refractivity contribution is 7.92. The SMILES string of the molecule is Cc1ccc(NS(=O)(=O)c2cc(C(=O)NCC3(c4ccc(F)cc4)CCOCC3)ccc2C)cc1. The third kappa shape index (κ3) is 5.71. The molecule has 1 heterocycles. The minimum atomic E-state index is -3.89. The summed E-state index contributed by atoms with van der Waals surface area (Å²) in [5.74, 6) is -0.683. The van der Waals surface area contributed by atoms with Gasteiger partial charge in [0, 0.05) is 36.4 Å². The minimum absolute atomic E-state index is 0.0463. The van der Waals surface area contributed by atoms with Crippen LogP contribution in [-0.2, 0) is 20.2 Å². The lowest BCUT2D eigenvalue weighted by atomic mass is 9.74. The number of aryl methyl sites for hydroxylation is 2. The molecule has 0 aromatic heterocycles. The summed E-state index contributed by atoms with van der Waals surface area (Å²) in [7, 11) is -3.89. The maximum absolute atomic E-state index is 13.5. The summed E-state index contributed by atoms with van der Waals surface area (Å²) in [4.78, 5) is 13.1. The number of amides is 1. The first kappa shape index (κ1) is 24.9. The van der Waals surface area contributed by atoms with Crippen molar-refractivity contribution in [3.05, 3.63) is 94.8 Å². The lowest BCUT2D eigenvalue weighted by Gasteiger charge is -2.38. The van der Waals surface area contributed by atoms with Gasteiger partial charge in [0.1, 0.15) is 5.82 Å². The standard InChI is InChI=1S/C27H29FN2O4S/c1-19-3-11-24(12-4-19)30-35(32,33)25-17-21(6-5-20(25)2)26(31)29-18-27(13-15-34-16-14-27)22-7-9-23(28)10-8-22/h3-12,17,30H,13-16,18H2,1-2H3,(H,29,31). The van der Waals surface area contributed by atoms with Gasteiger partial charge >= 0.3 is 0 Å². The molecule has 1 amide bonds. The van der Waals surface area contributed by atoms with Crippen LogP contribution in [0.4, 0.5) is 10.1 Å². The number of hydrogen-bond acceptors (Lipinski definition) is 4. The van der Waals surface area contributed by atoms with Gasteiger partial charge in [-0.25, -0.2) is 12.8 Å². The molecule has 2 N–H and O–H groups in total. The molecule has 3 aromatic carbocycles. The van der Waals surface area contributed by atoms with Crippen LogP contribution in [0.25, 0.3) is 0 Å². The second-order valence-electron chi connectivity index (χ2n) is 9.03. The zero-order chi connectivity index (χ0) is 25.1. The molecule has 3 aromatic rings. The van der Waals surface area contributed by atoms with Gasteiger partial charge in [0.15, 0.2) is 0 Å². The summed E-state index contributed by atoms with van der Waals surface area (Å²) >= 11 is 0.